The molecule has 2 aromatic carbocycles. The van der Waals surface area contributed by atoms with Crippen molar-refractivity contribution in [3.05, 3.63) is 64.2 Å². The Kier molecular flexibility index (Phi) is 4.99. The molecule has 0 bridgehead atoms. The Hall–Kier alpha value is -1.58. The number of benzene rings is 2. The van der Waals surface area contributed by atoms with Crippen molar-refractivity contribution in [1.82, 2.24) is 0 Å². The van der Waals surface area contributed by atoms with E-state index in [1.165, 1.54) is 11.1 Å². The van der Waals surface area contributed by atoms with Crippen molar-refractivity contribution >= 4 is 34.5 Å². The zero-order chi connectivity index (χ0) is 14.5. The van der Waals surface area contributed by atoms with E-state index in [0.29, 0.717) is 10.0 Å². The largest absolute Gasteiger partial charge is 0.389 e. The number of halogens is 1. The van der Waals surface area contributed by atoms with Crippen molar-refractivity contribution in [3.63, 3.8) is 0 Å². The maximum absolute atomic E-state index is 6.02. The molecule has 0 fully saturated rings. The lowest BCUT2D eigenvalue weighted by atomic mass is 10.1. The van der Waals surface area contributed by atoms with E-state index in [1.807, 2.05) is 18.2 Å². The molecule has 4 heteroatoms. The predicted molar refractivity (Wildman–Crippen MR) is 90.7 cm³/mol. The third-order valence-corrected chi connectivity index (χ3v) is 3.67. The Morgan fingerprint density at radius 1 is 1.25 bits per heavy atom. The van der Waals surface area contributed by atoms with Crippen LogP contribution in [0.5, 0.6) is 0 Å². The number of rotatable bonds is 5. The molecule has 0 saturated carbocycles. The molecule has 0 aliphatic rings. The average Bonchev–Trinajstić information content (AvgIpc) is 2.41. The fourth-order valence-electron chi connectivity index (χ4n) is 2.10. The molecule has 2 nitrogen and oxygen atoms in total. The molecule has 0 atom stereocenters. The third-order valence-electron chi connectivity index (χ3n) is 3.22. The fraction of sp³-hybridized carbons (Fsp3) is 0.188. The SMILES string of the molecule is Cc1ccccc1CCNc1cc(Cl)ccc1C(N)=S. The van der Waals surface area contributed by atoms with Crippen LogP contribution in [0.15, 0.2) is 42.5 Å². The van der Waals surface area contributed by atoms with Crippen LogP contribution in [0, 0.1) is 6.92 Å². The lowest BCUT2D eigenvalue weighted by Crippen LogP contribution is -2.14. The van der Waals surface area contributed by atoms with Gasteiger partial charge in [-0.05, 0) is 42.7 Å². The highest BCUT2D eigenvalue weighted by Gasteiger charge is 2.06. The first-order valence-corrected chi connectivity index (χ1v) is 7.24. The van der Waals surface area contributed by atoms with Gasteiger partial charge in [0.1, 0.15) is 4.99 Å². The minimum atomic E-state index is 0.375. The summed E-state index contributed by atoms with van der Waals surface area (Å²) in [5.74, 6) is 0. The number of nitrogens with one attached hydrogen (secondary N) is 1. The van der Waals surface area contributed by atoms with Crippen molar-refractivity contribution in [3.8, 4) is 0 Å². The van der Waals surface area contributed by atoms with Gasteiger partial charge in [0.05, 0.1) is 0 Å². The monoisotopic (exact) mass is 304 g/mol. The fourth-order valence-corrected chi connectivity index (χ4v) is 2.45. The van der Waals surface area contributed by atoms with Crippen molar-refractivity contribution in [2.75, 3.05) is 11.9 Å². The van der Waals surface area contributed by atoms with E-state index in [9.17, 15) is 0 Å². The molecule has 2 rings (SSSR count). The van der Waals surface area contributed by atoms with Gasteiger partial charge in [-0.1, -0.05) is 48.1 Å². The first-order chi connectivity index (χ1) is 9.58. The first-order valence-electron chi connectivity index (χ1n) is 6.45. The van der Waals surface area contributed by atoms with E-state index < -0.39 is 0 Å². The Balaban J connectivity index is 2.06. The van der Waals surface area contributed by atoms with E-state index in [-0.39, 0.29) is 0 Å². The van der Waals surface area contributed by atoms with E-state index >= 15 is 0 Å². The summed E-state index contributed by atoms with van der Waals surface area (Å²) >= 11 is 11.1. The van der Waals surface area contributed by atoms with Gasteiger partial charge in [0.25, 0.3) is 0 Å². The molecule has 0 aliphatic carbocycles. The molecule has 0 amide bonds. The minimum absolute atomic E-state index is 0.375. The summed E-state index contributed by atoms with van der Waals surface area (Å²) in [6, 6.07) is 13.9. The maximum Gasteiger partial charge on any atom is 0.106 e. The van der Waals surface area contributed by atoms with Gasteiger partial charge in [-0.2, -0.15) is 0 Å². The van der Waals surface area contributed by atoms with Gasteiger partial charge in [0, 0.05) is 22.8 Å². The molecule has 0 aromatic heterocycles. The van der Waals surface area contributed by atoms with E-state index in [0.717, 1.165) is 24.2 Å². The molecule has 0 spiro atoms. The second-order valence-electron chi connectivity index (χ2n) is 4.66. The van der Waals surface area contributed by atoms with Gasteiger partial charge in [-0.15, -0.1) is 0 Å². The van der Waals surface area contributed by atoms with Gasteiger partial charge in [0.2, 0.25) is 0 Å². The molecule has 0 radical (unpaired) electrons. The quantitative estimate of drug-likeness (QED) is 0.822. The molecule has 0 saturated heterocycles. The average molecular weight is 305 g/mol. The van der Waals surface area contributed by atoms with Crippen molar-refractivity contribution < 1.29 is 0 Å². The predicted octanol–water partition coefficient (Wildman–Crippen LogP) is 3.94. The van der Waals surface area contributed by atoms with Crippen LogP contribution in [0.25, 0.3) is 0 Å². The van der Waals surface area contributed by atoms with Gasteiger partial charge in [-0.3, -0.25) is 0 Å². The van der Waals surface area contributed by atoms with E-state index in [1.54, 1.807) is 6.07 Å². The first kappa shape index (κ1) is 14.8. The second-order valence-corrected chi connectivity index (χ2v) is 5.53. The molecular weight excluding hydrogens is 288 g/mol. The molecule has 3 N–H and O–H groups in total. The molecule has 0 unspecified atom stereocenters. The summed E-state index contributed by atoms with van der Waals surface area (Å²) in [4.78, 5) is 0.375. The summed E-state index contributed by atoms with van der Waals surface area (Å²) in [6.07, 6.45) is 0.940. The number of anilines is 1. The van der Waals surface area contributed by atoms with Crippen molar-refractivity contribution in [1.29, 1.82) is 0 Å². The van der Waals surface area contributed by atoms with Crippen LogP contribution in [0.2, 0.25) is 5.02 Å². The van der Waals surface area contributed by atoms with E-state index in [2.05, 4.69) is 30.4 Å². The number of hydrogen-bond acceptors (Lipinski definition) is 2. The zero-order valence-corrected chi connectivity index (χ0v) is 12.9. The lowest BCUT2D eigenvalue weighted by Gasteiger charge is -2.12. The molecule has 104 valence electrons. The summed E-state index contributed by atoms with van der Waals surface area (Å²) in [7, 11) is 0. The molecule has 2 aromatic rings. The van der Waals surface area contributed by atoms with Crippen LogP contribution >= 0.6 is 23.8 Å². The molecular formula is C16H17ClN2S. The van der Waals surface area contributed by atoms with Crippen molar-refractivity contribution in [2.24, 2.45) is 5.73 Å². The normalized spacial score (nSPS) is 10.3. The second kappa shape index (κ2) is 6.73. The van der Waals surface area contributed by atoms with Crippen LogP contribution in [-0.2, 0) is 6.42 Å². The lowest BCUT2D eigenvalue weighted by molar-refractivity contribution is 1.00. The molecule has 0 aliphatic heterocycles. The minimum Gasteiger partial charge on any atom is -0.389 e. The zero-order valence-electron chi connectivity index (χ0n) is 11.3. The molecule has 0 heterocycles. The van der Waals surface area contributed by atoms with Crippen molar-refractivity contribution in [2.45, 2.75) is 13.3 Å². The number of thiocarbonyl (C=S) groups is 1. The maximum atomic E-state index is 6.02. The van der Waals surface area contributed by atoms with Gasteiger partial charge in [0.15, 0.2) is 0 Å². The van der Waals surface area contributed by atoms with Gasteiger partial charge < -0.3 is 11.1 Å². The highest BCUT2D eigenvalue weighted by Crippen LogP contribution is 2.21. The van der Waals surface area contributed by atoms with Gasteiger partial charge in [-0.25, -0.2) is 0 Å². The van der Waals surface area contributed by atoms with Crippen LogP contribution in [0.1, 0.15) is 16.7 Å². The summed E-state index contributed by atoms with van der Waals surface area (Å²) in [5, 5.41) is 4.03. The van der Waals surface area contributed by atoms with E-state index in [4.69, 9.17) is 29.6 Å². The standard InChI is InChI=1S/C16H17ClN2S/c1-11-4-2-3-5-12(11)8-9-19-15-10-13(17)6-7-14(15)16(18)20/h2-7,10,19H,8-9H2,1H3,(H2,18,20). The van der Waals surface area contributed by atoms with Crippen LogP contribution < -0.4 is 11.1 Å². The summed E-state index contributed by atoms with van der Waals surface area (Å²) in [6.45, 7) is 2.93. The van der Waals surface area contributed by atoms with Crippen LogP contribution in [-0.4, -0.2) is 11.5 Å². The Morgan fingerprint density at radius 2 is 2.00 bits per heavy atom. The Morgan fingerprint density at radius 3 is 2.70 bits per heavy atom. The molecule has 20 heavy (non-hydrogen) atoms. The smallest absolute Gasteiger partial charge is 0.106 e. The summed E-state index contributed by atoms with van der Waals surface area (Å²) in [5.41, 5.74) is 10.1. The number of aryl methyl sites for hydroxylation is 1. The Bertz CT molecular complexity index is 626. The third kappa shape index (κ3) is 3.71. The topological polar surface area (TPSA) is 38.0 Å². The number of hydrogen-bond donors (Lipinski definition) is 2. The van der Waals surface area contributed by atoms with Gasteiger partial charge >= 0.3 is 0 Å². The highest BCUT2D eigenvalue weighted by molar-refractivity contribution is 7.80. The number of nitrogens with two attached hydrogens (primary N) is 1. The van der Waals surface area contributed by atoms with Crippen LogP contribution in [0.4, 0.5) is 5.69 Å². The summed E-state index contributed by atoms with van der Waals surface area (Å²) < 4.78 is 0. The van der Waals surface area contributed by atoms with Crippen LogP contribution in [0.3, 0.4) is 0 Å². The highest BCUT2D eigenvalue weighted by atomic mass is 35.5. The Labute approximate surface area is 130 Å².